The van der Waals surface area contributed by atoms with E-state index in [1.807, 2.05) is 0 Å². The molecule has 3 N–H and O–H groups in total. The fourth-order valence-electron chi connectivity index (χ4n) is 11.0. The molecule has 1 amide bonds. The smallest absolute Gasteiger partial charge is 0.305 e. The highest BCUT2D eigenvalue weighted by Crippen LogP contribution is 2.19. The highest BCUT2D eigenvalue weighted by atomic mass is 16.5. The number of ether oxygens (including phenoxy) is 1. The highest BCUT2D eigenvalue weighted by molar-refractivity contribution is 5.76. The molecule has 0 radical (unpaired) electrons. The summed E-state index contributed by atoms with van der Waals surface area (Å²) < 4.78 is 5.48. The zero-order valence-electron chi connectivity index (χ0n) is 49.9. The molecule has 2 unspecified atom stereocenters. The Bertz CT molecular complexity index is 1050. The molecular weight excluding hydrogens is 899 g/mol. The van der Waals surface area contributed by atoms with E-state index in [-0.39, 0.29) is 18.5 Å². The fourth-order valence-corrected chi connectivity index (χ4v) is 11.0. The van der Waals surface area contributed by atoms with Gasteiger partial charge in [-0.25, -0.2) is 0 Å². The van der Waals surface area contributed by atoms with Gasteiger partial charge in [0, 0.05) is 12.8 Å². The van der Waals surface area contributed by atoms with Gasteiger partial charge in [-0.1, -0.05) is 354 Å². The summed E-state index contributed by atoms with van der Waals surface area (Å²) in [7, 11) is 0. The normalized spacial score (nSPS) is 12.4. The molecular formula is C67H133NO5. The molecule has 0 aliphatic heterocycles. The minimum absolute atomic E-state index is 0.0217. The maximum atomic E-state index is 12.5. The Kier molecular flexibility index (Phi) is 62.4. The van der Waals surface area contributed by atoms with E-state index in [4.69, 9.17) is 4.74 Å². The number of aliphatic hydroxyl groups is 2. The summed E-state index contributed by atoms with van der Waals surface area (Å²) in [6.07, 6.45) is 75.8. The van der Waals surface area contributed by atoms with Crippen LogP contribution >= 0.6 is 0 Å². The first-order valence-corrected chi connectivity index (χ1v) is 33.8. The monoisotopic (exact) mass is 1030 g/mol. The van der Waals surface area contributed by atoms with Crippen LogP contribution in [0.4, 0.5) is 0 Å². The molecule has 0 heterocycles. The second-order valence-corrected chi connectivity index (χ2v) is 23.5. The van der Waals surface area contributed by atoms with E-state index in [0.29, 0.717) is 25.9 Å². The zero-order chi connectivity index (χ0) is 52.9. The van der Waals surface area contributed by atoms with Crippen LogP contribution in [-0.4, -0.2) is 47.4 Å². The molecule has 0 spiro atoms. The van der Waals surface area contributed by atoms with Gasteiger partial charge in [0.25, 0.3) is 0 Å². The molecule has 6 nitrogen and oxygen atoms in total. The van der Waals surface area contributed by atoms with E-state index in [2.05, 4.69) is 19.2 Å². The van der Waals surface area contributed by atoms with Crippen molar-refractivity contribution >= 4 is 11.9 Å². The number of hydrogen-bond acceptors (Lipinski definition) is 5. The lowest BCUT2D eigenvalue weighted by Gasteiger charge is -2.22. The summed E-state index contributed by atoms with van der Waals surface area (Å²) in [4.78, 5) is 24.5. The third kappa shape index (κ3) is 60.0. The van der Waals surface area contributed by atoms with Crippen molar-refractivity contribution in [1.82, 2.24) is 5.32 Å². The molecule has 2 atom stereocenters. The summed E-state index contributed by atoms with van der Waals surface area (Å²) in [6, 6.07) is -0.536. The van der Waals surface area contributed by atoms with Gasteiger partial charge >= 0.3 is 5.97 Å². The van der Waals surface area contributed by atoms with Crippen LogP contribution in [0.3, 0.4) is 0 Å². The molecule has 436 valence electrons. The van der Waals surface area contributed by atoms with Crippen LogP contribution < -0.4 is 5.32 Å². The summed E-state index contributed by atoms with van der Waals surface area (Å²) in [5, 5.41) is 23.3. The second kappa shape index (κ2) is 63.4. The Hall–Kier alpha value is -1.14. The average molecular weight is 1030 g/mol. The zero-order valence-corrected chi connectivity index (χ0v) is 49.9. The summed E-state index contributed by atoms with van der Waals surface area (Å²) in [5.41, 5.74) is 0. The van der Waals surface area contributed by atoms with Crippen molar-refractivity contribution in [2.75, 3.05) is 13.2 Å². The Morgan fingerprint density at radius 2 is 0.562 bits per heavy atom. The second-order valence-electron chi connectivity index (χ2n) is 23.5. The lowest BCUT2D eigenvalue weighted by atomic mass is 10.0. The Morgan fingerprint density at radius 3 is 0.836 bits per heavy atom. The lowest BCUT2D eigenvalue weighted by Crippen LogP contribution is -2.45. The van der Waals surface area contributed by atoms with Crippen LogP contribution in [0.2, 0.25) is 0 Å². The minimum atomic E-state index is -0.660. The molecule has 0 bridgehead atoms. The van der Waals surface area contributed by atoms with Crippen molar-refractivity contribution in [1.29, 1.82) is 0 Å². The van der Waals surface area contributed by atoms with Gasteiger partial charge in [0.1, 0.15) is 0 Å². The van der Waals surface area contributed by atoms with Crippen LogP contribution in [0.15, 0.2) is 0 Å². The number of amides is 1. The van der Waals surface area contributed by atoms with Crippen molar-refractivity contribution in [3.05, 3.63) is 0 Å². The third-order valence-electron chi connectivity index (χ3n) is 16.2. The standard InChI is InChI=1S/C67H133NO5/c1-3-5-7-9-11-13-15-17-36-39-43-47-51-55-59-65(70)64(63-69)68-66(71)60-56-52-48-44-40-37-34-32-30-28-26-24-22-20-18-19-21-23-25-27-29-31-33-35-38-42-46-50-54-58-62-73-67(72)61-57-53-49-45-41-16-14-12-10-8-6-4-2/h64-65,69-70H,3-63H2,1-2H3,(H,68,71). The van der Waals surface area contributed by atoms with Gasteiger partial charge < -0.3 is 20.3 Å². The SMILES string of the molecule is CCCCCCCCCCCCCCCCC(O)C(CO)NC(=O)CCCCCCCCCCCCCCCCCCCCCCCCCCCCCCCCOC(=O)CCCCCCCCCCCCCC. The van der Waals surface area contributed by atoms with E-state index in [1.54, 1.807) is 0 Å². The van der Waals surface area contributed by atoms with Gasteiger partial charge in [-0.2, -0.15) is 0 Å². The first kappa shape index (κ1) is 71.9. The summed E-state index contributed by atoms with van der Waals surface area (Å²) >= 11 is 0. The maximum Gasteiger partial charge on any atom is 0.305 e. The number of unbranched alkanes of at least 4 members (excludes halogenated alkanes) is 53. The molecule has 0 aromatic heterocycles. The van der Waals surface area contributed by atoms with Crippen LogP contribution in [-0.2, 0) is 14.3 Å². The molecule has 0 aromatic carbocycles. The molecule has 73 heavy (non-hydrogen) atoms. The van der Waals surface area contributed by atoms with Crippen LogP contribution in [0.1, 0.15) is 393 Å². The van der Waals surface area contributed by atoms with Crippen LogP contribution in [0, 0.1) is 0 Å². The van der Waals surface area contributed by atoms with Crippen molar-refractivity contribution < 1.29 is 24.5 Å². The molecule has 0 aliphatic rings. The minimum Gasteiger partial charge on any atom is -0.466 e. The fraction of sp³-hybridized carbons (Fsp3) is 0.970. The summed E-state index contributed by atoms with van der Waals surface area (Å²) in [6.45, 7) is 4.99. The first-order valence-electron chi connectivity index (χ1n) is 33.8. The van der Waals surface area contributed by atoms with E-state index < -0.39 is 12.1 Å². The quantitative estimate of drug-likeness (QED) is 0.0417. The number of hydrogen-bond donors (Lipinski definition) is 3. The Labute approximate surface area is 457 Å². The average Bonchev–Trinajstić information content (AvgIpc) is 3.39. The Balaban J connectivity index is 3.31. The van der Waals surface area contributed by atoms with Gasteiger partial charge in [-0.3, -0.25) is 9.59 Å². The van der Waals surface area contributed by atoms with Gasteiger partial charge in [-0.15, -0.1) is 0 Å². The number of rotatable bonds is 64. The van der Waals surface area contributed by atoms with Crippen molar-refractivity contribution in [3.63, 3.8) is 0 Å². The Morgan fingerprint density at radius 1 is 0.329 bits per heavy atom. The van der Waals surface area contributed by atoms with Crippen LogP contribution in [0.5, 0.6) is 0 Å². The van der Waals surface area contributed by atoms with Crippen LogP contribution in [0.25, 0.3) is 0 Å². The number of carbonyl (C=O) groups excluding carboxylic acids is 2. The van der Waals surface area contributed by atoms with Crippen molar-refractivity contribution in [2.24, 2.45) is 0 Å². The van der Waals surface area contributed by atoms with E-state index in [0.717, 1.165) is 38.5 Å². The lowest BCUT2D eigenvalue weighted by molar-refractivity contribution is -0.143. The summed E-state index contributed by atoms with van der Waals surface area (Å²) in [5.74, 6) is -0.00620. The van der Waals surface area contributed by atoms with Gasteiger partial charge in [0.05, 0.1) is 25.4 Å². The molecule has 0 aromatic rings. The maximum absolute atomic E-state index is 12.5. The van der Waals surface area contributed by atoms with Gasteiger partial charge in [-0.05, 0) is 25.7 Å². The molecule has 0 saturated carbocycles. The van der Waals surface area contributed by atoms with Gasteiger partial charge in [0.2, 0.25) is 5.91 Å². The number of carbonyl (C=O) groups is 2. The number of esters is 1. The topological polar surface area (TPSA) is 95.9 Å². The van der Waals surface area contributed by atoms with E-state index >= 15 is 0 Å². The van der Waals surface area contributed by atoms with Crippen molar-refractivity contribution in [3.8, 4) is 0 Å². The third-order valence-corrected chi connectivity index (χ3v) is 16.2. The van der Waals surface area contributed by atoms with Crippen molar-refractivity contribution in [2.45, 2.75) is 405 Å². The predicted molar refractivity (Wildman–Crippen MR) is 320 cm³/mol. The number of aliphatic hydroxyl groups excluding tert-OH is 2. The first-order chi connectivity index (χ1) is 36.0. The predicted octanol–water partition coefficient (Wildman–Crippen LogP) is 21.4. The highest BCUT2D eigenvalue weighted by Gasteiger charge is 2.20. The largest absolute Gasteiger partial charge is 0.466 e. The molecule has 0 saturated heterocycles. The number of nitrogens with one attached hydrogen (secondary N) is 1. The van der Waals surface area contributed by atoms with E-state index in [9.17, 15) is 19.8 Å². The molecule has 0 fully saturated rings. The molecule has 6 heteroatoms. The van der Waals surface area contributed by atoms with E-state index in [1.165, 1.54) is 321 Å². The van der Waals surface area contributed by atoms with Gasteiger partial charge in [0.15, 0.2) is 0 Å². The molecule has 0 aliphatic carbocycles. The molecule has 0 rings (SSSR count).